The van der Waals surface area contributed by atoms with Gasteiger partial charge in [-0.25, -0.2) is 0 Å². The predicted molar refractivity (Wildman–Crippen MR) is 86.1 cm³/mol. The Morgan fingerprint density at radius 2 is 2.00 bits per heavy atom. The summed E-state index contributed by atoms with van der Waals surface area (Å²) in [4.78, 5) is 12.1. The van der Waals surface area contributed by atoms with Gasteiger partial charge >= 0.3 is 0 Å². The molecule has 112 valence electrons. The molecule has 0 amide bonds. The first-order chi connectivity index (χ1) is 9.73. The number of hydrogen-bond donors (Lipinski definition) is 1. The second-order valence-corrected chi connectivity index (χ2v) is 7.02. The zero-order valence-corrected chi connectivity index (χ0v) is 13.5. The molecule has 0 spiro atoms. The molecule has 1 saturated heterocycles. The van der Waals surface area contributed by atoms with E-state index in [0.717, 1.165) is 9.06 Å². The van der Waals surface area contributed by atoms with E-state index in [1.54, 1.807) is 18.3 Å². The Hall–Kier alpha value is -1.67. The van der Waals surface area contributed by atoms with Crippen molar-refractivity contribution in [1.82, 2.24) is 4.90 Å². The maximum atomic E-state index is 10.6. The van der Waals surface area contributed by atoms with E-state index in [-0.39, 0.29) is 16.6 Å². The highest BCUT2D eigenvalue weighted by molar-refractivity contribution is 8.23. The Morgan fingerprint density at radius 1 is 1.43 bits per heavy atom. The molecule has 21 heavy (non-hydrogen) atoms. The number of nitrogens with zero attached hydrogens (tertiary/aromatic N) is 3. The van der Waals surface area contributed by atoms with Gasteiger partial charge in [-0.2, -0.15) is 0 Å². The molecule has 1 aromatic carbocycles. The van der Waals surface area contributed by atoms with Crippen LogP contribution >= 0.6 is 24.0 Å². The zero-order valence-electron chi connectivity index (χ0n) is 11.9. The summed E-state index contributed by atoms with van der Waals surface area (Å²) in [7, 11) is 1.90. The Balaban J connectivity index is 2.25. The molecule has 1 unspecified atom stereocenters. The van der Waals surface area contributed by atoms with Crippen LogP contribution in [-0.4, -0.2) is 48.3 Å². The topological polar surface area (TPSA) is 69.6 Å². The smallest absolute Gasteiger partial charge is 0.276 e. The molecule has 1 atom stereocenters. The van der Waals surface area contributed by atoms with Crippen molar-refractivity contribution < 1.29 is 14.9 Å². The first-order valence-electron chi connectivity index (χ1n) is 6.24. The van der Waals surface area contributed by atoms with Gasteiger partial charge < -0.3 is 4.90 Å². The third-order valence-electron chi connectivity index (χ3n) is 3.58. The van der Waals surface area contributed by atoms with E-state index in [9.17, 15) is 15.3 Å². The molecule has 1 aliphatic rings. The maximum absolute atomic E-state index is 10.6. The third kappa shape index (κ3) is 3.01. The van der Waals surface area contributed by atoms with Crippen LogP contribution in [0.3, 0.4) is 0 Å². The number of nitro benzene ring substituents is 1. The molecule has 0 saturated carbocycles. The van der Waals surface area contributed by atoms with Crippen LogP contribution in [0.1, 0.15) is 19.4 Å². The van der Waals surface area contributed by atoms with Crippen LogP contribution < -0.4 is 0 Å². The van der Waals surface area contributed by atoms with Gasteiger partial charge in [-0.05, 0) is 42.5 Å². The van der Waals surface area contributed by atoms with E-state index in [0.29, 0.717) is 5.56 Å². The highest BCUT2D eigenvalue weighted by Gasteiger charge is 2.51. The summed E-state index contributed by atoms with van der Waals surface area (Å²) >= 11 is 6.67. The van der Waals surface area contributed by atoms with E-state index < -0.39 is 4.92 Å². The van der Waals surface area contributed by atoms with Crippen molar-refractivity contribution in [2.45, 2.75) is 24.8 Å². The van der Waals surface area contributed by atoms with Crippen molar-refractivity contribution >= 4 is 40.2 Å². The number of likely N-dealkylation sites (N-methyl/N-ethyl adjacent to an activating group) is 1. The average Bonchev–Trinajstić information content (AvgIpc) is 2.63. The fourth-order valence-electron chi connectivity index (χ4n) is 2.00. The van der Waals surface area contributed by atoms with Gasteiger partial charge in [0.2, 0.25) is 6.21 Å². The molecule has 0 aromatic heterocycles. The normalized spacial score (nSPS) is 21.7. The lowest BCUT2D eigenvalue weighted by Gasteiger charge is -2.28. The number of non-ortho nitro benzene ring substituents is 1. The minimum atomic E-state index is -0.455. The summed E-state index contributed by atoms with van der Waals surface area (Å²) in [6.07, 6.45) is 1.55. The maximum Gasteiger partial charge on any atom is 0.276 e. The molecule has 1 N–H and O–H groups in total. The SMILES string of the molecule is CN1C(=S)SC([N+](O)=Cc2ccc([N+](=O)[O-])cc2)C1(C)C. The van der Waals surface area contributed by atoms with Crippen LogP contribution in [0.5, 0.6) is 0 Å². The number of hydroxylamine groups is 1. The average molecular weight is 326 g/mol. The second kappa shape index (κ2) is 5.61. The molecular weight excluding hydrogens is 310 g/mol. The molecule has 6 nitrogen and oxygen atoms in total. The van der Waals surface area contributed by atoms with Gasteiger partial charge in [0.15, 0.2) is 0 Å². The lowest BCUT2D eigenvalue weighted by Crippen LogP contribution is -2.47. The fourth-order valence-corrected chi connectivity index (χ4v) is 3.71. The Bertz CT molecular complexity index is 614. The third-order valence-corrected chi connectivity index (χ3v) is 5.63. The van der Waals surface area contributed by atoms with Crippen molar-refractivity contribution in [3.8, 4) is 0 Å². The van der Waals surface area contributed by atoms with Crippen molar-refractivity contribution in [2.24, 2.45) is 0 Å². The van der Waals surface area contributed by atoms with Gasteiger partial charge in [-0.1, -0.05) is 12.2 Å². The quantitative estimate of drug-likeness (QED) is 0.230. The molecule has 1 fully saturated rings. The molecule has 1 aromatic rings. The van der Waals surface area contributed by atoms with Crippen LogP contribution in [0.25, 0.3) is 0 Å². The number of benzene rings is 1. The molecule has 1 heterocycles. The van der Waals surface area contributed by atoms with Gasteiger partial charge in [0.25, 0.3) is 11.1 Å². The minimum Gasteiger partial charge on any atom is -0.347 e. The van der Waals surface area contributed by atoms with Crippen molar-refractivity contribution in [3.63, 3.8) is 0 Å². The first kappa shape index (κ1) is 15.7. The molecule has 2 rings (SSSR count). The van der Waals surface area contributed by atoms with Gasteiger partial charge in [0.05, 0.1) is 4.92 Å². The number of thioether (sulfide) groups is 1. The molecule has 0 bridgehead atoms. The molecule has 0 aliphatic carbocycles. The number of thiocarbonyl (C=S) groups is 1. The Morgan fingerprint density at radius 3 is 2.43 bits per heavy atom. The van der Waals surface area contributed by atoms with Crippen molar-refractivity contribution in [1.29, 1.82) is 0 Å². The molecule has 8 heteroatoms. The first-order valence-corrected chi connectivity index (χ1v) is 7.53. The van der Waals surface area contributed by atoms with E-state index in [2.05, 4.69) is 0 Å². The van der Waals surface area contributed by atoms with E-state index in [1.165, 1.54) is 23.9 Å². The second-order valence-electron chi connectivity index (χ2n) is 5.31. The van der Waals surface area contributed by atoms with Crippen LogP contribution in [0.2, 0.25) is 0 Å². The minimum absolute atomic E-state index is 0.0214. The number of hydrogen-bond acceptors (Lipinski definition) is 5. The molecule has 0 radical (unpaired) electrons. The van der Waals surface area contributed by atoms with Gasteiger partial charge in [-0.3, -0.25) is 15.3 Å². The van der Waals surface area contributed by atoms with Crippen LogP contribution in [0, 0.1) is 10.1 Å². The summed E-state index contributed by atoms with van der Waals surface area (Å²) in [5.74, 6) is 0. The number of nitro groups is 1. The van der Waals surface area contributed by atoms with Gasteiger partial charge in [0, 0.05) is 24.7 Å². The largest absolute Gasteiger partial charge is 0.347 e. The lowest BCUT2D eigenvalue weighted by molar-refractivity contribution is -0.785. The number of rotatable bonds is 3. The lowest BCUT2D eigenvalue weighted by atomic mass is 10.0. The highest BCUT2D eigenvalue weighted by atomic mass is 32.2. The van der Waals surface area contributed by atoms with E-state index in [1.807, 2.05) is 25.8 Å². The monoisotopic (exact) mass is 326 g/mol. The van der Waals surface area contributed by atoms with E-state index in [4.69, 9.17) is 12.2 Å². The van der Waals surface area contributed by atoms with E-state index >= 15 is 0 Å². The summed E-state index contributed by atoms with van der Waals surface area (Å²) in [6, 6.07) is 6.00. The standard InChI is InChI=1S/C13H16N3O3S2/c1-13(2)11(21-12(20)14(13)3)15(17)8-9-4-6-10(7-5-9)16(18)19/h4-8,11,17H,1-3H3/q+1. The highest BCUT2D eigenvalue weighted by Crippen LogP contribution is 2.38. The Kier molecular flexibility index (Phi) is 4.20. The Labute approximate surface area is 132 Å². The van der Waals surface area contributed by atoms with Gasteiger partial charge in [-0.15, -0.1) is 0 Å². The summed E-state index contributed by atoms with van der Waals surface area (Å²) in [6.45, 7) is 3.99. The van der Waals surface area contributed by atoms with Crippen LogP contribution in [0.15, 0.2) is 24.3 Å². The van der Waals surface area contributed by atoms with Gasteiger partial charge in [0.1, 0.15) is 9.86 Å². The molecule has 1 aliphatic heterocycles. The van der Waals surface area contributed by atoms with Crippen LogP contribution in [-0.2, 0) is 0 Å². The predicted octanol–water partition coefficient (Wildman–Crippen LogP) is 2.48. The van der Waals surface area contributed by atoms with Crippen molar-refractivity contribution in [3.05, 3.63) is 39.9 Å². The zero-order chi connectivity index (χ0) is 15.8. The summed E-state index contributed by atoms with van der Waals surface area (Å²) in [5, 5.41) is 20.7. The summed E-state index contributed by atoms with van der Waals surface area (Å²) in [5.41, 5.74) is 0.376. The van der Waals surface area contributed by atoms with Crippen LogP contribution in [0.4, 0.5) is 5.69 Å². The fraction of sp³-hybridized carbons (Fsp3) is 0.385. The molecular formula is C13H16N3O3S2+. The summed E-state index contributed by atoms with van der Waals surface area (Å²) < 4.78 is 1.84. The van der Waals surface area contributed by atoms with Crippen molar-refractivity contribution in [2.75, 3.05) is 7.05 Å².